The van der Waals surface area contributed by atoms with Crippen LogP contribution in [0.4, 0.5) is 0 Å². The predicted octanol–water partition coefficient (Wildman–Crippen LogP) is 5.18. The third-order valence-corrected chi connectivity index (χ3v) is 5.98. The molecule has 4 rings (SSSR count). The Morgan fingerprint density at radius 1 is 1.14 bits per heavy atom. The standard InChI is InChI=1S/C21H29N3O2.2ClH/c1-2-3-4-5-6-9-24-10-7-21(8-11-24)14-19(25)16-12-17-18(23-15-22-17)13-20(16)26-21;;/h12-13,15H,2-11,14H2,1H3,(H,22,23);2*1H. The number of hydrogen-bond donors (Lipinski definition) is 1. The number of hydrogen-bond acceptors (Lipinski definition) is 4. The van der Waals surface area contributed by atoms with Gasteiger partial charge in [-0.2, -0.15) is 0 Å². The molecule has 1 fully saturated rings. The zero-order chi connectivity index (χ0) is 18.0. The molecule has 0 radical (unpaired) electrons. The Balaban J connectivity index is 0.00000140. The van der Waals surface area contributed by atoms with Gasteiger partial charge in [-0.05, 0) is 19.0 Å². The van der Waals surface area contributed by atoms with Crippen LogP contribution in [-0.4, -0.2) is 45.9 Å². The van der Waals surface area contributed by atoms with Gasteiger partial charge in [0.1, 0.15) is 11.4 Å². The molecule has 7 heteroatoms. The second-order valence-corrected chi connectivity index (χ2v) is 7.91. The van der Waals surface area contributed by atoms with E-state index in [9.17, 15) is 4.79 Å². The van der Waals surface area contributed by atoms with Crippen LogP contribution in [0.3, 0.4) is 0 Å². The molecule has 0 saturated carbocycles. The van der Waals surface area contributed by atoms with Crippen molar-refractivity contribution in [3.8, 4) is 5.75 Å². The van der Waals surface area contributed by atoms with Gasteiger partial charge in [-0.15, -0.1) is 24.8 Å². The van der Waals surface area contributed by atoms with Crippen LogP contribution in [0.25, 0.3) is 11.0 Å². The highest BCUT2D eigenvalue weighted by atomic mass is 35.5. The lowest BCUT2D eigenvalue weighted by Gasteiger charge is -2.44. The Kier molecular flexibility index (Phi) is 8.17. The van der Waals surface area contributed by atoms with E-state index < -0.39 is 0 Å². The summed E-state index contributed by atoms with van der Waals surface area (Å²) < 4.78 is 6.41. The van der Waals surface area contributed by atoms with Gasteiger partial charge in [-0.3, -0.25) is 4.79 Å². The molecule has 0 unspecified atom stereocenters. The Morgan fingerprint density at radius 2 is 1.89 bits per heavy atom. The number of piperidine rings is 1. The number of Topliss-reactive ketones (excluding diaryl/α,β-unsaturated/α-hetero) is 1. The third kappa shape index (κ3) is 4.81. The molecule has 0 bridgehead atoms. The van der Waals surface area contributed by atoms with Crippen LogP contribution in [0.2, 0.25) is 0 Å². The highest BCUT2D eigenvalue weighted by Gasteiger charge is 2.43. The van der Waals surface area contributed by atoms with Crippen LogP contribution >= 0.6 is 24.8 Å². The van der Waals surface area contributed by atoms with E-state index in [4.69, 9.17) is 4.74 Å². The number of fused-ring (bicyclic) bond motifs is 2. The van der Waals surface area contributed by atoms with Crippen molar-refractivity contribution in [2.75, 3.05) is 19.6 Å². The first-order valence-electron chi connectivity index (χ1n) is 10.1. The maximum absolute atomic E-state index is 12.8. The molecule has 0 amide bonds. The van der Waals surface area contributed by atoms with Crippen molar-refractivity contribution in [1.29, 1.82) is 0 Å². The average molecular weight is 428 g/mol. The van der Waals surface area contributed by atoms with E-state index in [0.717, 1.165) is 37.0 Å². The zero-order valence-corrected chi connectivity index (χ0v) is 18.2. The number of carbonyl (C=O) groups is 1. The molecule has 2 aliphatic rings. The number of ketones is 1. The minimum atomic E-state index is -0.313. The number of H-pyrrole nitrogens is 1. The first kappa shape index (κ1) is 23.0. The lowest BCUT2D eigenvalue weighted by atomic mass is 9.82. The number of unbranched alkanes of at least 4 members (excludes halogenated alkanes) is 4. The largest absolute Gasteiger partial charge is 0.486 e. The van der Waals surface area contributed by atoms with Crippen molar-refractivity contribution in [2.24, 2.45) is 0 Å². The molecule has 3 heterocycles. The molecule has 1 spiro atoms. The number of aromatic nitrogens is 2. The fourth-order valence-electron chi connectivity index (χ4n) is 4.32. The molecule has 0 atom stereocenters. The number of ether oxygens (including phenoxy) is 1. The average Bonchev–Trinajstić information content (AvgIpc) is 3.09. The molecule has 1 aromatic heterocycles. The summed E-state index contributed by atoms with van der Waals surface area (Å²) in [5, 5.41) is 0. The molecular weight excluding hydrogens is 397 g/mol. The number of aromatic amines is 1. The van der Waals surface area contributed by atoms with E-state index in [1.54, 1.807) is 6.33 Å². The highest BCUT2D eigenvalue weighted by molar-refractivity contribution is 6.03. The topological polar surface area (TPSA) is 58.2 Å². The van der Waals surface area contributed by atoms with Gasteiger partial charge in [0, 0.05) is 32.0 Å². The first-order valence-corrected chi connectivity index (χ1v) is 10.1. The van der Waals surface area contributed by atoms with Crippen LogP contribution in [0.5, 0.6) is 5.75 Å². The van der Waals surface area contributed by atoms with E-state index in [1.165, 1.54) is 38.6 Å². The Morgan fingerprint density at radius 3 is 2.64 bits per heavy atom. The van der Waals surface area contributed by atoms with Gasteiger partial charge in [0.05, 0.1) is 29.3 Å². The smallest absolute Gasteiger partial charge is 0.170 e. The van der Waals surface area contributed by atoms with Crippen molar-refractivity contribution >= 4 is 41.6 Å². The SMILES string of the molecule is CCCCCCCN1CCC2(CC1)CC(=O)c1cc3[nH]cnc3cc1O2.Cl.Cl. The fraction of sp³-hybridized carbons (Fsp3) is 0.619. The number of rotatable bonds is 6. The zero-order valence-electron chi connectivity index (χ0n) is 16.5. The van der Waals surface area contributed by atoms with E-state index in [2.05, 4.69) is 21.8 Å². The Hall–Kier alpha value is -1.30. The summed E-state index contributed by atoms with van der Waals surface area (Å²) in [6.07, 6.45) is 10.6. The van der Waals surface area contributed by atoms with Crippen molar-refractivity contribution < 1.29 is 9.53 Å². The van der Waals surface area contributed by atoms with E-state index in [-0.39, 0.29) is 36.2 Å². The maximum atomic E-state index is 12.8. The predicted molar refractivity (Wildman–Crippen MR) is 117 cm³/mol. The number of likely N-dealkylation sites (tertiary alicyclic amines) is 1. The van der Waals surface area contributed by atoms with Gasteiger partial charge in [-0.25, -0.2) is 4.98 Å². The Bertz CT molecular complexity index is 785. The molecule has 1 aromatic carbocycles. The number of nitrogens with zero attached hydrogens (tertiary/aromatic N) is 2. The molecule has 28 heavy (non-hydrogen) atoms. The van der Waals surface area contributed by atoms with Crippen LogP contribution in [-0.2, 0) is 0 Å². The molecule has 5 nitrogen and oxygen atoms in total. The normalized spacial score (nSPS) is 18.2. The number of carbonyl (C=O) groups excluding carboxylic acids is 1. The molecule has 2 aliphatic heterocycles. The minimum absolute atomic E-state index is 0. The number of nitrogens with one attached hydrogen (secondary N) is 1. The molecule has 156 valence electrons. The first-order chi connectivity index (χ1) is 12.7. The van der Waals surface area contributed by atoms with Gasteiger partial charge in [0.15, 0.2) is 5.78 Å². The fourth-order valence-corrected chi connectivity index (χ4v) is 4.32. The van der Waals surface area contributed by atoms with Crippen molar-refractivity contribution in [3.05, 3.63) is 24.0 Å². The number of imidazole rings is 1. The quantitative estimate of drug-likeness (QED) is 0.645. The summed E-state index contributed by atoms with van der Waals surface area (Å²) in [5.41, 5.74) is 2.14. The molecule has 0 aliphatic carbocycles. The third-order valence-electron chi connectivity index (χ3n) is 5.98. The van der Waals surface area contributed by atoms with Gasteiger partial charge < -0.3 is 14.6 Å². The van der Waals surface area contributed by atoms with Crippen LogP contribution in [0, 0.1) is 0 Å². The molecule has 1 saturated heterocycles. The lowest BCUT2D eigenvalue weighted by molar-refractivity contribution is -0.00908. The summed E-state index contributed by atoms with van der Waals surface area (Å²) in [5.74, 6) is 0.921. The molecule has 2 aromatic rings. The van der Waals surface area contributed by atoms with Gasteiger partial charge in [0.25, 0.3) is 0 Å². The highest BCUT2D eigenvalue weighted by Crippen LogP contribution is 2.40. The van der Waals surface area contributed by atoms with Crippen LogP contribution in [0.1, 0.15) is 68.6 Å². The molecular formula is C21H31Cl2N3O2. The summed E-state index contributed by atoms with van der Waals surface area (Å²) in [7, 11) is 0. The monoisotopic (exact) mass is 427 g/mol. The van der Waals surface area contributed by atoms with Crippen LogP contribution < -0.4 is 4.74 Å². The van der Waals surface area contributed by atoms with Gasteiger partial charge in [-0.1, -0.05) is 32.6 Å². The van der Waals surface area contributed by atoms with Gasteiger partial charge in [0.2, 0.25) is 0 Å². The summed E-state index contributed by atoms with van der Waals surface area (Å²) >= 11 is 0. The van der Waals surface area contributed by atoms with Crippen molar-refractivity contribution in [3.63, 3.8) is 0 Å². The second kappa shape index (κ2) is 9.95. The summed E-state index contributed by atoms with van der Waals surface area (Å²) in [6.45, 7) is 5.49. The van der Waals surface area contributed by atoms with Crippen molar-refractivity contribution in [2.45, 2.75) is 63.9 Å². The minimum Gasteiger partial charge on any atom is -0.486 e. The van der Waals surface area contributed by atoms with E-state index in [1.807, 2.05) is 12.1 Å². The summed E-state index contributed by atoms with van der Waals surface area (Å²) in [6, 6.07) is 3.80. The number of halogens is 2. The second-order valence-electron chi connectivity index (χ2n) is 7.91. The summed E-state index contributed by atoms with van der Waals surface area (Å²) in [4.78, 5) is 22.7. The van der Waals surface area contributed by atoms with Crippen LogP contribution in [0.15, 0.2) is 18.5 Å². The van der Waals surface area contributed by atoms with E-state index >= 15 is 0 Å². The maximum Gasteiger partial charge on any atom is 0.170 e. The number of benzene rings is 1. The van der Waals surface area contributed by atoms with Crippen molar-refractivity contribution in [1.82, 2.24) is 14.9 Å². The van der Waals surface area contributed by atoms with E-state index in [0.29, 0.717) is 17.7 Å². The Labute approximate surface area is 179 Å². The molecule has 1 N–H and O–H groups in total. The van der Waals surface area contributed by atoms with Gasteiger partial charge >= 0.3 is 0 Å². The lowest BCUT2D eigenvalue weighted by Crippen LogP contribution is -2.51.